The molecule has 0 saturated heterocycles. The van der Waals surface area contributed by atoms with Crippen molar-refractivity contribution in [3.8, 4) is 0 Å². The van der Waals surface area contributed by atoms with Crippen LogP contribution in [-0.2, 0) is 13.2 Å². The minimum Gasteiger partial charge on any atom is -0.309 e. The molecule has 0 aliphatic carbocycles. The molecular weight excluding hydrogens is 484 g/mol. The molecule has 0 unspecified atom stereocenters. The van der Waals surface area contributed by atoms with Gasteiger partial charge in [0.1, 0.15) is 6.67 Å². The largest absolute Gasteiger partial charge is 0.309 e. The number of aryl methyl sites for hydroxylation is 1. The Hall–Kier alpha value is -2.98. The van der Waals surface area contributed by atoms with Gasteiger partial charge in [0.2, 0.25) is 5.95 Å². The molecule has 1 amide bonds. The number of halogens is 1. The molecule has 1 aromatic carbocycles. The summed E-state index contributed by atoms with van der Waals surface area (Å²) in [7, 11) is 0. The Kier molecular flexibility index (Phi) is 6.94. The summed E-state index contributed by atoms with van der Waals surface area (Å²) in [5.41, 5.74) is 4.11. The van der Waals surface area contributed by atoms with Crippen LogP contribution in [0.25, 0.3) is 11.0 Å². The average molecular weight is 513 g/mol. The quantitative estimate of drug-likeness (QED) is 0.367. The molecule has 4 aromatic rings. The molecule has 0 atom stereocenters. The number of likely N-dealkylation sites (N-methyl/N-ethyl adjacent to an activating group) is 1. The molecule has 0 fully saturated rings. The third-order valence-corrected chi connectivity index (χ3v) is 7.01. The number of anilines is 1. The van der Waals surface area contributed by atoms with Crippen LogP contribution in [0.3, 0.4) is 0 Å². The fourth-order valence-corrected chi connectivity index (χ4v) is 4.14. The summed E-state index contributed by atoms with van der Waals surface area (Å²) in [6, 6.07) is 9.64. The van der Waals surface area contributed by atoms with Gasteiger partial charge in [-0.15, -0.1) is 0 Å². The zero-order valence-corrected chi connectivity index (χ0v) is 21.0. The minimum atomic E-state index is -0.289. The number of aromatic nitrogens is 6. The number of imidazole rings is 1. The normalized spacial score (nSPS) is 11.6. The highest BCUT2D eigenvalue weighted by Gasteiger charge is 2.17. The van der Waals surface area contributed by atoms with Gasteiger partial charge in [-0.2, -0.15) is 10.2 Å². The van der Waals surface area contributed by atoms with E-state index in [1.54, 1.807) is 16.9 Å². The molecule has 0 aliphatic rings. The molecule has 174 valence electrons. The topological polar surface area (TPSA) is 85.8 Å². The van der Waals surface area contributed by atoms with Crippen molar-refractivity contribution in [2.75, 3.05) is 25.0 Å². The summed E-state index contributed by atoms with van der Waals surface area (Å²) < 4.78 is 6.59. The number of benzene rings is 1. The molecule has 10 heteroatoms. The maximum atomic E-state index is 13.0. The second-order valence-electron chi connectivity index (χ2n) is 7.92. The van der Waals surface area contributed by atoms with Crippen molar-refractivity contribution in [2.24, 2.45) is 0 Å². The van der Waals surface area contributed by atoms with Gasteiger partial charge in [0.15, 0.2) is 5.69 Å². The van der Waals surface area contributed by atoms with Crippen LogP contribution < -0.4 is 5.32 Å². The van der Waals surface area contributed by atoms with Gasteiger partial charge >= 0.3 is 0 Å². The number of fused-ring (bicyclic) bond motifs is 1. The van der Waals surface area contributed by atoms with Crippen molar-refractivity contribution in [1.82, 2.24) is 34.0 Å². The van der Waals surface area contributed by atoms with Gasteiger partial charge in [-0.05, 0) is 61.1 Å². The number of amides is 1. The molecule has 3 aromatic heterocycles. The third-order valence-electron chi connectivity index (χ3n) is 5.86. The lowest BCUT2D eigenvalue weighted by Gasteiger charge is -2.19. The highest BCUT2D eigenvalue weighted by Crippen LogP contribution is 2.21. The van der Waals surface area contributed by atoms with Gasteiger partial charge < -0.3 is 9.47 Å². The predicted octanol–water partition coefficient (Wildman–Crippen LogP) is 3.91. The van der Waals surface area contributed by atoms with Crippen molar-refractivity contribution in [3.63, 3.8) is 0 Å². The Balaban J connectivity index is 1.53. The maximum absolute atomic E-state index is 13.0. The van der Waals surface area contributed by atoms with Crippen LogP contribution in [0.5, 0.6) is 0 Å². The molecule has 0 saturated carbocycles. The lowest BCUT2D eigenvalue weighted by molar-refractivity contribution is 0.102. The minimum absolute atomic E-state index is 0.289. The number of para-hydroxylation sites is 2. The first-order valence-corrected chi connectivity index (χ1v) is 11.9. The third kappa shape index (κ3) is 4.86. The number of hydrogen-bond acceptors (Lipinski definition) is 5. The van der Waals surface area contributed by atoms with Crippen LogP contribution in [0.4, 0.5) is 5.95 Å². The van der Waals surface area contributed by atoms with Crippen LogP contribution >= 0.6 is 15.9 Å². The summed E-state index contributed by atoms with van der Waals surface area (Å²) >= 11 is 3.54. The molecule has 33 heavy (non-hydrogen) atoms. The lowest BCUT2D eigenvalue weighted by atomic mass is 10.3. The maximum Gasteiger partial charge on any atom is 0.278 e. The van der Waals surface area contributed by atoms with E-state index in [4.69, 9.17) is 0 Å². The Morgan fingerprint density at radius 2 is 1.88 bits per heavy atom. The first-order chi connectivity index (χ1) is 15.9. The summed E-state index contributed by atoms with van der Waals surface area (Å²) in [6.07, 6.45) is 1.78. The Morgan fingerprint density at radius 3 is 2.58 bits per heavy atom. The van der Waals surface area contributed by atoms with E-state index in [0.29, 0.717) is 18.3 Å². The standard InChI is InChI=1S/C23H29BrN8O/c1-5-29(6-2)13-14-31-20-10-8-7-9-18(20)25-23(31)26-22(33)19-11-12-30(28-19)15-32-17(4)21(24)16(3)27-32/h7-12H,5-6,13-15H2,1-4H3,(H,25,26,33). The Labute approximate surface area is 201 Å². The SMILES string of the molecule is CCN(CC)CCn1c(NC(=O)c2ccn(Cn3nc(C)c(Br)c3C)n2)nc2ccccc21. The zero-order valence-electron chi connectivity index (χ0n) is 19.4. The van der Waals surface area contributed by atoms with E-state index in [-0.39, 0.29) is 5.91 Å². The van der Waals surface area contributed by atoms with Gasteiger partial charge in [-0.25, -0.2) is 9.67 Å². The molecule has 3 heterocycles. The number of nitrogens with zero attached hydrogens (tertiary/aromatic N) is 7. The second kappa shape index (κ2) is 9.88. The fraction of sp³-hybridized carbons (Fsp3) is 0.391. The predicted molar refractivity (Wildman–Crippen MR) is 133 cm³/mol. The van der Waals surface area contributed by atoms with E-state index in [0.717, 1.165) is 53.1 Å². The molecule has 0 radical (unpaired) electrons. The highest BCUT2D eigenvalue weighted by atomic mass is 79.9. The van der Waals surface area contributed by atoms with Crippen molar-refractivity contribution in [3.05, 3.63) is 58.1 Å². The summed E-state index contributed by atoms with van der Waals surface area (Å²) in [5.74, 6) is 0.244. The van der Waals surface area contributed by atoms with E-state index in [9.17, 15) is 4.79 Å². The Bertz CT molecular complexity index is 1270. The Morgan fingerprint density at radius 1 is 1.12 bits per heavy atom. The zero-order chi connectivity index (χ0) is 23.5. The fourth-order valence-electron chi connectivity index (χ4n) is 3.86. The summed E-state index contributed by atoms with van der Waals surface area (Å²) in [4.78, 5) is 20.0. The number of nitrogens with one attached hydrogen (secondary N) is 1. The van der Waals surface area contributed by atoms with E-state index in [2.05, 4.69) is 59.7 Å². The van der Waals surface area contributed by atoms with Gasteiger partial charge in [0.05, 0.1) is 26.9 Å². The number of rotatable bonds is 9. The first-order valence-electron chi connectivity index (χ1n) is 11.1. The van der Waals surface area contributed by atoms with Gasteiger partial charge in [-0.1, -0.05) is 26.0 Å². The first kappa shape index (κ1) is 23.2. The van der Waals surface area contributed by atoms with E-state index in [1.165, 1.54) is 0 Å². The van der Waals surface area contributed by atoms with Crippen LogP contribution in [0.15, 0.2) is 41.0 Å². The smallest absolute Gasteiger partial charge is 0.278 e. The van der Waals surface area contributed by atoms with E-state index < -0.39 is 0 Å². The van der Waals surface area contributed by atoms with Crippen molar-refractivity contribution in [1.29, 1.82) is 0 Å². The van der Waals surface area contributed by atoms with E-state index >= 15 is 0 Å². The molecule has 0 aliphatic heterocycles. The van der Waals surface area contributed by atoms with Crippen molar-refractivity contribution < 1.29 is 4.79 Å². The van der Waals surface area contributed by atoms with Crippen LogP contribution in [0, 0.1) is 13.8 Å². The van der Waals surface area contributed by atoms with Gasteiger partial charge in [0, 0.05) is 19.3 Å². The van der Waals surface area contributed by atoms with Crippen LogP contribution in [-0.4, -0.2) is 59.6 Å². The van der Waals surface area contributed by atoms with E-state index in [1.807, 2.05) is 42.8 Å². The van der Waals surface area contributed by atoms with Gasteiger partial charge in [-0.3, -0.25) is 14.8 Å². The highest BCUT2D eigenvalue weighted by molar-refractivity contribution is 9.10. The average Bonchev–Trinajstić information content (AvgIpc) is 3.48. The summed E-state index contributed by atoms with van der Waals surface area (Å²) in [5, 5.41) is 11.9. The number of hydrogen-bond donors (Lipinski definition) is 1. The summed E-state index contributed by atoms with van der Waals surface area (Å²) in [6.45, 7) is 12.2. The lowest BCUT2D eigenvalue weighted by Crippen LogP contribution is -2.27. The molecule has 9 nitrogen and oxygen atoms in total. The second-order valence-corrected chi connectivity index (χ2v) is 8.72. The van der Waals surface area contributed by atoms with Crippen molar-refractivity contribution >= 4 is 38.8 Å². The number of carbonyl (C=O) groups is 1. The molecule has 0 bridgehead atoms. The molecule has 4 rings (SSSR count). The van der Waals surface area contributed by atoms with Crippen LogP contribution in [0.2, 0.25) is 0 Å². The van der Waals surface area contributed by atoms with Crippen LogP contribution in [0.1, 0.15) is 35.7 Å². The molecule has 1 N–H and O–H groups in total. The number of carbonyl (C=O) groups excluding carboxylic acids is 1. The molecular formula is C23H29BrN8O. The molecule has 0 spiro atoms. The monoisotopic (exact) mass is 512 g/mol. The van der Waals surface area contributed by atoms with Crippen molar-refractivity contribution in [2.45, 2.75) is 40.9 Å². The van der Waals surface area contributed by atoms with Gasteiger partial charge in [0.25, 0.3) is 5.91 Å².